The Bertz CT molecular complexity index is 103. The molecule has 0 unspecified atom stereocenters. The van der Waals surface area contributed by atoms with Crippen LogP contribution in [0.1, 0.15) is 41.5 Å². The monoisotopic (exact) mass is 157 g/mol. The van der Waals surface area contributed by atoms with Crippen molar-refractivity contribution in [1.29, 1.82) is 0 Å². The Morgan fingerprint density at radius 1 is 1.27 bits per heavy atom. The van der Waals surface area contributed by atoms with Crippen LogP contribution in [0.25, 0.3) is 0 Å². The molecule has 0 aromatic heterocycles. The summed E-state index contributed by atoms with van der Waals surface area (Å²) in [6, 6.07) is 0. The molecule has 0 bridgehead atoms. The van der Waals surface area contributed by atoms with E-state index in [-0.39, 0.29) is 5.60 Å². The van der Waals surface area contributed by atoms with Crippen LogP contribution in [0.5, 0.6) is 0 Å². The van der Waals surface area contributed by atoms with Gasteiger partial charge in [-0.2, -0.15) is 0 Å². The second kappa shape index (κ2) is 4.10. The summed E-state index contributed by atoms with van der Waals surface area (Å²) < 4.78 is 5.72. The molecule has 0 amide bonds. The molecule has 0 N–H and O–H groups in total. The van der Waals surface area contributed by atoms with Gasteiger partial charge in [-0.15, -0.1) is 0 Å². The standard InChI is InChI=1S/C10H21O/c1-8(2)7-11-10(5,6)9(3)4/h9H,7H2,1-6H3. The van der Waals surface area contributed by atoms with Gasteiger partial charge in [0.15, 0.2) is 0 Å². The topological polar surface area (TPSA) is 9.23 Å². The van der Waals surface area contributed by atoms with Crippen LogP contribution in [0, 0.1) is 11.8 Å². The van der Waals surface area contributed by atoms with Gasteiger partial charge >= 0.3 is 0 Å². The zero-order valence-corrected chi connectivity index (χ0v) is 8.69. The Hall–Kier alpha value is -0.0400. The van der Waals surface area contributed by atoms with Gasteiger partial charge in [-0.05, 0) is 25.7 Å². The van der Waals surface area contributed by atoms with Crippen LogP contribution < -0.4 is 0 Å². The van der Waals surface area contributed by atoms with Crippen molar-refractivity contribution in [2.45, 2.75) is 47.1 Å². The van der Waals surface area contributed by atoms with Gasteiger partial charge in [-0.25, -0.2) is 0 Å². The molecular weight excluding hydrogens is 136 g/mol. The van der Waals surface area contributed by atoms with Crippen LogP contribution >= 0.6 is 0 Å². The van der Waals surface area contributed by atoms with E-state index >= 15 is 0 Å². The van der Waals surface area contributed by atoms with Crippen LogP contribution in [-0.2, 0) is 4.74 Å². The summed E-state index contributed by atoms with van der Waals surface area (Å²) in [5, 5.41) is 0. The van der Waals surface area contributed by atoms with E-state index in [2.05, 4.69) is 41.5 Å². The van der Waals surface area contributed by atoms with Crippen molar-refractivity contribution >= 4 is 0 Å². The van der Waals surface area contributed by atoms with Gasteiger partial charge in [0, 0.05) is 0 Å². The zero-order valence-electron chi connectivity index (χ0n) is 8.69. The van der Waals surface area contributed by atoms with Crippen molar-refractivity contribution in [2.75, 3.05) is 6.61 Å². The molecule has 11 heavy (non-hydrogen) atoms. The van der Waals surface area contributed by atoms with Crippen molar-refractivity contribution in [3.63, 3.8) is 0 Å². The molecule has 0 fully saturated rings. The Kier molecular flexibility index (Phi) is 4.09. The lowest BCUT2D eigenvalue weighted by molar-refractivity contribution is -0.0444. The molecule has 0 saturated heterocycles. The first-order valence-electron chi connectivity index (χ1n) is 4.29. The van der Waals surface area contributed by atoms with Crippen LogP contribution in [0.4, 0.5) is 0 Å². The molecule has 67 valence electrons. The number of ether oxygens (including phenoxy) is 1. The smallest absolute Gasteiger partial charge is 0.0649 e. The largest absolute Gasteiger partial charge is 0.375 e. The normalized spacial score (nSPS) is 13.1. The fourth-order valence-corrected chi connectivity index (χ4v) is 0.497. The van der Waals surface area contributed by atoms with Crippen molar-refractivity contribution < 1.29 is 4.74 Å². The van der Waals surface area contributed by atoms with Crippen LogP contribution in [0.15, 0.2) is 0 Å². The van der Waals surface area contributed by atoms with E-state index in [0.29, 0.717) is 5.92 Å². The van der Waals surface area contributed by atoms with Gasteiger partial charge in [0.25, 0.3) is 0 Å². The molecule has 1 nitrogen and oxygen atoms in total. The summed E-state index contributed by atoms with van der Waals surface area (Å²) in [5.41, 5.74) is 0.0112. The van der Waals surface area contributed by atoms with Crippen molar-refractivity contribution in [1.82, 2.24) is 0 Å². The summed E-state index contributed by atoms with van der Waals surface area (Å²) in [6.07, 6.45) is 0. The van der Waals surface area contributed by atoms with Gasteiger partial charge in [0.05, 0.1) is 12.2 Å². The minimum Gasteiger partial charge on any atom is -0.375 e. The molecule has 0 saturated carbocycles. The van der Waals surface area contributed by atoms with E-state index in [1.165, 1.54) is 5.92 Å². The van der Waals surface area contributed by atoms with Crippen LogP contribution in [0.3, 0.4) is 0 Å². The molecule has 0 heterocycles. The Labute approximate surface area is 71.1 Å². The lowest BCUT2D eigenvalue weighted by Gasteiger charge is -2.30. The van der Waals surface area contributed by atoms with E-state index in [1.54, 1.807) is 0 Å². The number of rotatable bonds is 4. The first kappa shape index (κ1) is 11.0. The maximum absolute atomic E-state index is 5.72. The summed E-state index contributed by atoms with van der Waals surface area (Å²) >= 11 is 0. The van der Waals surface area contributed by atoms with E-state index in [1.807, 2.05) is 0 Å². The molecular formula is C10H21O. The molecule has 0 aromatic carbocycles. The third-order valence-corrected chi connectivity index (χ3v) is 2.12. The van der Waals surface area contributed by atoms with Crippen molar-refractivity contribution in [3.05, 3.63) is 5.92 Å². The predicted molar refractivity (Wildman–Crippen MR) is 49.5 cm³/mol. The highest BCUT2D eigenvalue weighted by Gasteiger charge is 2.22. The van der Waals surface area contributed by atoms with Gasteiger partial charge in [-0.1, -0.05) is 27.7 Å². The van der Waals surface area contributed by atoms with E-state index < -0.39 is 0 Å². The SMILES string of the molecule is C[C](C)COC(C)(C)C(C)C. The number of hydrogen-bond acceptors (Lipinski definition) is 1. The summed E-state index contributed by atoms with van der Waals surface area (Å²) in [6.45, 7) is 13.6. The highest BCUT2D eigenvalue weighted by atomic mass is 16.5. The molecule has 1 heteroatoms. The number of hydrogen-bond donors (Lipinski definition) is 0. The van der Waals surface area contributed by atoms with E-state index in [0.717, 1.165) is 6.61 Å². The molecule has 0 spiro atoms. The second-order valence-electron chi connectivity index (χ2n) is 4.25. The first-order chi connectivity index (χ1) is 4.86. The third kappa shape index (κ3) is 4.41. The predicted octanol–water partition coefficient (Wildman–Crippen LogP) is 3.05. The van der Waals surface area contributed by atoms with Gasteiger partial charge in [-0.3, -0.25) is 0 Å². The molecule has 0 aliphatic carbocycles. The van der Waals surface area contributed by atoms with Crippen LogP contribution in [-0.4, -0.2) is 12.2 Å². The molecule has 0 aliphatic rings. The molecule has 0 aliphatic heterocycles. The summed E-state index contributed by atoms with van der Waals surface area (Å²) in [5.74, 6) is 1.90. The first-order valence-corrected chi connectivity index (χ1v) is 4.29. The zero-order chi connectivity index (χ0) is 9.07. The van der Waals surface area contributed by atoms with Gasteiger partial charge in [0.2, 0.25) is 0 Å². The molecule has 0 aromatic rings. The average Bonchev–Trinajstić information content (AvgIpc) is 1.84. The Morgan fingerprint density at radius 3 is 2.00 bits per heavy atom. The second-order valence-corrected chi connectivity index (χ2v) is 4.25. The third-order valence-electron chi connectivity index (χ3n) is 2.12. The Balaban J connectivity index is 3.73. The molecule has 0 atom stereocenters. The minimum absolute atomic E-state index is 0.0112. The lowest BCUT2D eigenvalue weighted by Crippen LogP contribution is -2.32. The minimum atomic E-state index is 0.0112. The summed E-state index contributed by atoms with van der Waals surface area (Å²) in [7, 11) is 0. The maximum Gasteiger partial charge on any atom is 0.0649 e. The van der Waals surface area contributed by atoms with Crippen molar-refractivity contribution in [3.8, 4) is 0 Å². The molecule has 0 rings (SSSR count). The fourth-order valence-electron chi connectivity index (χ4n) is 0.497. The van der Waals surface area contributed by atoms with E-state index in [9.17, 15) is 0 Å². The van der Waals surface area contributed by atoms with Crippen LogP contribution in [0.2, 0.25) is 0 Å². The summed E-state index contributed by atoms with van der Waals surface area (Å²) in [4.78, 5) is 0. The quantitative estimate of drug-likeness (QED) is 0.609. The highest BCUT2D eigenvalue weighted by Crippen LogP contribution is 2.21. The average molecular weight is 157 g/mol. The van der Waals surface area contributed by atoms with Gasteiger partial charge in [0.1, 0.15) is 0 Å². The Morgan fingerprint density at radius 2 is 1.73 bits per heavy atom. The lowest BCUT2D eigenvalue weighted by atomic mass is 9.94. The highest BCUT2D eigenvalue weighted by molar-refractivity contribution is 4.80. The maximum atomic E-state index is 5.72. The van der Waals surface area contributed by atoms with Crippen molar-refractivity contribution in [2.24, 2.45) is 5.92 Å². The van der Waals surface area contributed by atoms with E-state index in [4.69, 9.17) is 4.74 Å². The molecule has 1 radical (unpaired) electrons. The fraction of sp³-hybridized carbons (Fsp3) is 0.900. The van der Waals surface area contributed by atoms with Gasteiger partial charge < -0.3 is 4.74 Å².